The smallest absolute Gasteiger partial charge is 0.252 e. The number of nitrogens with zero attached hydrogens (tertiary/aromatic N) is 4. The third-order valence-corrected chi connectivity index (χ3v) is 6.77. The van der Waals surface area contributed by atoms with Crippen LogP contribution in [-0.2, 0) is 11.2 Å². The summed E-state index contributed by atoms with van der Waals surface area (Å²) in [7, 11) is 0. The zero-order chi connectivity index (χ0) is 24.6. The molecule has 2 saturated carbocycles. The lowest BCUT2D eigenvalue weighted by Crippen LogP contribution is -2.48. The van der Waals surface area contributed by atoms with E-state index in [2.05, 4.69) is 20.7 Å². The van der Waals surface area contributed by atoms with Crippen LogP contribution in [0, 0.1) is 6.92 Å². The van der Waals surface area contributed by atoms with Gasteiger partial charge in [0.1, 0.15) is 6.04 Å². The molecule has 2 amide bonds. The van der Waals surface area contributed by atoms with Crippen LogP contribution in [-0.4, -0.2) is 43.6 Å². The zero-order valence-corrected chi connectivity index (χ0v) is 20.1. The highest BCUT2D eigenvalue weighted by Crippen LogP contribution is 2.40. The monoisotopic (exact) mass is 480 g/mol. The van der Waals surface area contributed by atoms with Crippen LogP contribution in [0.25, 0.3) is 16.9 Å². The molecule has 4 aromatic rings. The van der Waals surface area contributed by atoms with Crippen molar-refractivity contribution in [2.24, 2.45) is 0 Å². The molecule has 8 heteroatoms. The summed E-state index contributed by atoms with van der Waals surface area (Å²) in [4.78, 5) is 36.2. The van der Waals surface area contributed by atoms with Crippen molar-refractivity contribution in [3.8, 4) is 5.82 Å². The summed E-state index contributed by atoms with van der Waals surface area (Å²) in [5.41, 5.74) is 3.68. The maximum Gasteiger partial charge on any atom is 0.252 e. The minimum Gasteiger partial charge on any atom is -0.352 e. The van der Waals surface area contributed by atoms with Gasteiger partial charge in [-0.05, 0) is 56.4 Å². The Balaban J connectivity index is 1.38. The maximum atomic E-state index is 13.8. The topological polar surface area (TPSA) is 102 Å². The number of hydrogen-bond acceptors (Lipinski definition) is 5. The average molecular weight is 481 g/mol. The van der Waals surface area contributed by atoms with Crippen molar-refractivity contribution in [2.45, 2.75) is 57.0 Å². The van der Waals surface area contributed by atoms with Crippen molar-refractivity contribution in [1.82, 2.24) is 30.4 Å². The van der Waals surface area contributed by atoms with Crippen molar-refractivity contribution in [3.63, 3.8) is 0 Å². The number of pyridine rings is 2. The average Bonchev–Trinajstić information content (AvgIpc) is 3.83. The molecule has 0 radical (unpaired) electrons. The van der Waals surface area contributed by atoms with Gasteiger partial charge in [0.25, 0.3) is 5.91 Å². The number of carbonyl (C=O) groups excluding carboxylic acids is 2. The molecule has 36 heavy (non-hydrogen) atoms. The Morgan fingerprint density at radius 3 is 2.53 bits per heavy atom. The molecule has 1 unspecified atom stereocenters. The van der Waals surface area contributed by atoms with Crippen LogP contribution >= 0.6 is 0 Å². The summed E-state index contributed by atoms with van der Waals surface area (Å²) in [5, 5.41) is 11.5. The van der Waals surface area contributed by atoms with Gasteiger partial charge >= 0.3 is 0 Å². The number of nitrogens with one attached hydrogen (secondary N) is 2. The van der Waals surface area contributed by atoms with Crippen molar-refractivity contribution in [1.29, 1.82) is 0 Å². The van der Waals surface area contributed by atoms with Crippen LogP contribution in [0.1, 0.15) is 58.9 Å². The molecule has 0 spiro atoms. The van der Waals surface area contributed by atoms with E-state index in [1.807, 2.05) is 61.5 Å². The normalized spacial score (nSPS) is 16.0. The molecular formula is C28H28N6O2. The van der Waals surface area contributed by atoms with E-state index in [1.54, 1.807) is 10.9 Å². The Kier molecular flexibility index (Phi) is 5.71. The van der Waals surface area contributed by atoms with Crippen molar-refractivity contribution < 1.29 is 9.59 Å². The molecule has 3 aromatic heterocycles. The second kappa shape index (κ2) is 9.18. The fourth-order valence-electron chi connectivity index (χ4n) is 4.54. The van der Waals surface area contributed by atoms with Gasteiger partial charge in [-0.3, -0.25) is 9.59 Å². The number of benzene rings is 1. The first-order valence-corrected chi connectivity index (χ1v) is 12.5. The first kappa shape index (κ1) is 22.4. The van der Waals surface area contributed by atoms with Crippen LogP contribution in [0.5, 0.6) is 0 Å². The number of fused-ring (bicyclic) bond motifs is 1. The zero-order valence-electron chi connectivity index (χ0n) is 20.1. The van der Waals surface area contributed by atoms with Gasteiger partial charge in [-0.1, -0.05) is 36.4 Å². The molecule has 2 N–H and O–H groups in total. The van der Waals surface area contributed by atoms with E-state index >= 15 is 0 Å². The first-order chi connectivity index (χ1) is 17.6. The molecular weight excluding hydrogens is 452 g/mol. The number of rotatable bonds is 8. The van der Waals surface area contributed by atoms with Gasteiger partial charge in [0, 0.05) is 30.3 Å². The molecule has 0 bridgehead atoms. The van der Waals surface area contributed by atoms with Crippen molar-refractivity contribution in [3.05, 3.63) is 83.3 Å². The van der Waals surface area contributed by atoms with Crippen LogP contribution in [0.2, 0.25) is 0 Å². The highest BCUT2D eigenvalue weighted by atomic mass is 16.2. The van der Waals surface area contributed by atoms with Gasteiger partial charge in [0.05, 0.1) is 16.6 Å². The Morgan fingerprint density at radius 1 is 1.06 bits per heavy atom. The Bertz CT molecular complexity index is 1420. The first-order valence-electron chi connectivity index (χ1n) is 12.5. The molecule has 6 rings (SSSR count). The SMILES string of the molecule is Cc1nn(-c2ccccn2)c2nc(C3CC3)cc(C(=O)NC(Cc3ccccc3)C(=O)NC3CC3)c12. The van der Waals surface area contributed by atoms with Gasteiger partial charge in [-0.25, -0.2) is 9.97 Å². The maximum absolute atomic E-state index is 13.8. The van der Waals surface area contributed by atoms with E-state index in [-0.39, 0.29) is 17.9 Å². The third-order valence-electron chi connectivity index (χ3n) is 6.77. The lowest BCUT2D eigenvalue weighted by atomic mass is 10.0. The van der Waals surface area contributed by atoms with Gasteiger partial charge in [0.15, 0.2) is 11.5 Å². The molecule has 0 saturated heterocycles. The van der Waals surface area contributed by atoms with Gasteiger partial charge < -0.3 is 10.6 Å². The Hall–Kier alpha value is -4.07. The standard InChI is InChI=1S/C28H28N6O2/c1-17-25-21(16-22(19-10-11-19)31-26(25)34(33-17)24-9-5-6-14-29-24)27(35)32-23(28(36)30-20-12-13-20)15-18-7-3-2-4-8-18/h2-9,14,16,19-20,23H,10-13,15H2,1H3,(H,30,36)(H,32,35). The molecule has 1 atom stereocenters. The molecule has 2 fully saturated rings. The molecule has 0 aliphatic heterocycles. The predicted octanol–water partition coefficient (Wildman–Crippen LogP) is 3.62. The molecule has 8 nitrogen and oxygen atoms in total. The number of hydrogen-bond donors (Lipinski definition) is 2. The van der Waals surface area contributed by atoms with E-state index in [4.69, 9.17) is 4.98 Å². The Morgan fingerprint density at radius 2 is 1.83 bits per heavy atom. The number of amides is 2. The highest BCUT2D eigenvalue weighted by molar-refractivity contribution is 6.08. The van der Waals surface area contributed by atoms with Crippen LogP contribution in [0.15, 0.2) is 60.8 Å². The van der Waals surface area contributed by atoms with Gasteiger partial charge in [0.2, 0.25) is 5.91 Å². The third kappa shape index (κ3) is 4.58. The lowest BCUT2D eigenvalue weighted by Gasteiger charge is -2.19. The number of carbonyl (C=O) groups is 2. The van der Waals surface area contributed by atoms with Crippen LogP contribution < -0.4 is 10.6 Å². The largest absolute Gasteiger partial charge is 0.352 e. The fourth-order valence-corrected chi connectivity index (χ4v) is 4.54. The second-order valence-corrected chi connectivity index (χ2v) is 9.75. The summed E-state index contributed by atoms with van der Waals surface area (Å²) in [5.74, 6) is 0.544. The number of aromatic nitrogens is 4. The summed E-state index contributed by atoms with van der Waals surface area (Å²) in [6, 6.07) is 16.8. The summed E-state index contributed by atoms with van der Waals surface area (Å²) >= 11 is 0. The summed E-state index contributed by atoms with van der Waals surface area (Å²) in [6.45, 7) is 1.87. The molecule has 2 aliphatic carbocycles. The molecule has 1 aromatic carbocycles. The fraction of sp³-hybridized carbons (Fsp3) is 0.321. The van der Waals surface area contributed by atoms with Crippen molar-refractivity contribution >= 4 is 22.8 Å². The van der Waals surface area contributed by atoms with E-state index in [0.29, 0.717) is 40.4 Å². The van der Waals surface area contributed by atoms with Gasteiger partial charge in [-0.2, -0.15) is 9.78 Å². The minimum atomic E-state index is -0.681. The lowest BCUT2D eigenvalue weighted by molar-refractivity contribution is -0.123. The molecule has 3 heterocycles. The van der Waals surface area contributed by atoms with Crippen LogP contribution in [0.4, 0.5) is 0 Å². The predicted molar refractivity (Wildman–Crippen MR) is 136 cm³/mol. The van der Waals surface area contributed by atoms with E-state index in [0.717, 1.165) is 36.9 Å². The van der Waals surface area contributed by atoms with E-state index in [9.17, 15) is 9.59 Å². The van der Waals surface area contributed by atoms with Crippen LogP contribution in [0.3, 0.4) is 0 Å². The highest BCUT2D eigenvalue weighted by Gasteiger charge is 2.32. The quantitative estimate of drug-likeness (QED) is 0.401. The van der Waals surface area contributed by atoms with Gasteiger partial charge in [-0.15, -0.1) is 0 Å². The molecule has 182 valence electrons. The summed E-state index contributed by atoms with van der Waals surface area (Å²) < 4.78 is 1.70. The van der Waals surface area contributed by atoms with E-state index in [1.165, 1.54) is 0 Å². The second-order valence-electron chi connectivity index (χ2n) is 9.75. The Labute approximate surface area is 209 Å². The van der Waals surface area contributed by atoms with Crippen molar-refractivity contribution in [2.75, 3.05) is 0 Å². The van der Waals surface area contributed by atoms with E-state index < -0.39 is 6.04 Å². The minimum absolute atomic E-state index is 0.150. The summed E-state index contributed by atoms with van der Waals surface area (Å²) in [6.07, 6.45) is 6.20. The number of aryl methyl sites for hydroxylation is 1. The molecule has 2 aliphatic rings.